The number of rotatable bonds is 2. The molecule has 4 aliphatic rings. The maximum atomic E-state index is 5.50. The summed E-state index contributed by atoms with van der Waals surface area (Å²) in [5, 5.41) is 3.47. The smallest absolute Gasteiger partial charge is 0.202 e. The Morgan fingerprint density at radius 3 is 2.33 bits per heavy atom. The molecule has 0 spiro atoms. The molecule has 0 N–H and O–H groups in total. The van der Waals surface area contributed by atoms with Gasteiger partial charge >= 0.3 is 0 Å². The van der Waals surface area contributed by atoms with Crippen LogP contribution in [0.15, 0.2) is 22.3 Å². The quantitative estimate of drug-likeness (QED) is 0.722. The molecule has 3 aliphatic carbocycles. The van der Waals surface area contributed by atoms with Crippen molar-refractivity contribution in [3.05, 3.63) is 22.3 Å². The Morgan fingerprint density at radius 1 is 1.00 bits per heavy atom. The molecule has 4 rings (SSSR count). The average Bonchev–Trinajstić information content (AvgIpc) is 3.07. The van der Waals surface area contributed by atoms with Gasteiger partial charge < -0.3 is 9.47 Å². The van der Waals surface area contributed by atoms with Crippen LogP contribution in [-0.2, 0) is 9.47 Å². The van der Waals surface area contributed by atoms with Crippen molar-refractivity contribution in [2.75, 3.05) is 14.2 Å². The lowest BCUT2D eigenvalue weighted by Gasteiger charge is -2.40. The highest BCUT2D eigenvalue weighted by atomic mass is 32.2. The first kappa shape index (κ1) is 11.6. The van der Waals surface area contributed by atoms with Gasteiger partial charge in [-0.1, -0.05) is 35.7 Å². The van der Waals surface area contributed by atoms with Crippen LogP contribution in [-0.4, -0.2) is 24.7 Å². The zero-order valence-corrected chi connectivity index (χ0v) is 12.3. The van der Waals surface area contributed by atoms with E-state index in [0.29, 0.717) is 0 Å². The van der Waals surface area contributed by atoms with Gasteiger partial charge in [0.05, 0.1) is 14.2 Å². The molecule has 1 heterocycles. The Morgan fingerprint density at radius 2 is 1.67 bits per heavy atom. The van der Waals surface area contributed by atoms with Gasteiger partial charge in [0.1, 0.15) is 0 Å². The first-order valence-electron chi connectivity index (χ1n) is 6.65. The molecule has 2 bridgehead atoms. The van der Waals surface area contributed by atoms with Crippen LogP contribution in [0.2, 0.25) is 0 Å². The van der Waals surface area contributed by atoms with Crippen molar-refractivity contribution in [1.29, 1.82) is 0 Å². The van der Waals surface area contributed by atoms with Crippen molar-refractivity contribution in [3.63, 3.8) is 0 Å². The molecule has 6 atom stereocenters. The molecule has 2 fully saturated rings. The minimum Gasteiger partial charge on any atom is -0.487 e. The van der Waals surface area contributed by atoms with Gasteiger partial charge in [-0.25, -0.2) is 0 Å². The van der Waals surface area contributed by atoms with Gasteiger partial charge in [-0.3, -0.25) is 0 Å². The fraction of sp³-hybridized carbons (Fsp3) is 0.714. The van der Waals surface area contributed by atoms with Crippen LogP contribution in [0.25, 0.3) is 0 Å². The predicted molar refractivity (Wildman–Crippen MR) is 76.1 cm³/mol. The SMILES string of the molecule is COC1=C(OC)S[C@H]2[C@@H]3C[C@@H]([C@H]4CC=C[C@@H]34)[C@H]2S1. The lowest BCUT2D eigenvalue weighted by Crippen LogP contribution is -2.38. The summed E-state index contributed by atoms with van der Waals surface area (Å²) in [5.74, 6) is 3.53. The Balaban J connectivity index is 1.65. The Hall–Kier alpha value is -0.220. The minimum absolute atomic E-state index is 0.734. The van der Waals surface area contributed by atoms with Gasteiger partial charge in [-0.05, 0) is 36.5 Å². The second-order valence-electron chi connectivity index (χ2n) is 5.62. The molecule has 0 saturated heterocycles. The van der Waals surface area contributed by atoms with Crippen LogP contribution in [0, 0.1) is 23.7 Å². The van der Waals surface area contributed by atoms with E-state index in [4.69, 9.17) is 9.47 Å². The molecule has 0 radical (unpaired) electrons. The van der Waals surface area contributed by atoms with E-state index in [1.807, 2.05) is 23.5 Å². The van der Waals surface area contributed by atoms with Gasteiger partial charge in [-0.2, -0.15) is 0 Å². The van der Waals surface area contributed by atoms with Gasteiger partial charge in [0, 0.05) is 10.5 Å². The van der Waals surface area contributed by atoms with Crippen molar-refractivity contribution in [2.24, 2.45) is 23.7 Å². The third-order valence-electron chi connectivity index (χ3n) is 5.04. The van der Waals surface area contributed by atoms with E-state index < -0.39 is 0 Å². The maximum absolute atomic E-state index is 5.50. The summed E-state index contributed by atoms with van der Waals surface area (Å²) in [6, 6.07) is 0. The summed E-state index contributed by atoms with van der Waals surface area (Å²) in [6.45, 7) is 0. The normalized spacial score (nSPS) is 48.3. The van der Waals surface area contributed by atoms with Crippen LogP contribution < -0.4 is 0 Å². The molecule has 1 aliphatic heterocycles. The fourth-order valence-corrected chi connectivity index (χ4v) is 7.69. The lowest BCUT2D eigenvalue weighted by atomic mass is 9.81. The van der Waals surface area contributed by atoms with Crippen LogP contribution in [0.5, 0.6) is 0 Å². The first-order valence-corrected chi connectivity index (χ1v) is 8.41. The third-order valence-corrected chi connectivity index (χ3v) is 8.30. The monoisotopic (exact) mass is 282 g/mol. The van der Waals surface area contributed by atoms with Crippen LogP contribution in [0.4, 0.5) is 0 Å². The molecule has 18 heavy (non-hydrogen) atoms. The van der Waals surface area contributed by atoms with E-state index in [1.54, 1.807) is 14.2 Å². The number of methoxy groups -OCH3 is 2. The van der Waals surface area contributed by atoms with Crippen molar-refractivity contribution >= 4 is 23.5 Å². The van der Waals surface area contributed by atoms with Crippen molar-refractivity contribution < 1.29 is 9.47 Å². The Bertz CT molecular complexity index is 432. The Labute approximate surface area is 117 Å². The molecule has 0 unspecified atom stereocenters. The average molecular weight is 282 g/mol. The van der Waals surface area contributed by atoms with E-state index in [-0.39, 0.29) is 0 Å². The number of ether oxygens (including phenoxy) is 2. The molecule has 0 aromatic heterocycles. The number of allylic oxidation sites excluding steroid dienone is 2. The molecule has 98 valence electrons. The highest BCUT2D eigenvalue weighted by Crippen LogP contribution is 2.65. The van der Waals surface area contributed by atoms with Crippen LogP contribution in [0.3, 0.4) is 0 Å². The first-order chi connectivity index (χ1) is 8.83. The zero-order chi connectivity index (χ0) is 12.3. The highest BCUT2D eigenvalue weighted by molar-refractivity contribution is 8.10. The van der Waals surface area contributed by atoms with E-state index in [9.17, 15) is 0 Å². The fourth-order valence-electron chi connectivity index (χ4n) is 4.39. The summed E-state index contributed by atoms with van der Waals surface area (Å²) in [6.07, 6.45) is 7.62. The molecule has 2 nitrogen and oxygen atoms in total. The van der Waals surface area contributed by atoms with E-state index in [0.717, 1.165) is 44.4 Å². The summed E-state index contributed by atoms with van der Waals surface area (Å²) in [7, 11) is 3.52. The molecule has 4 heteroatoms. The summed E-state index contributed by atoms with van der Waals surface area (Å²) in [5.41, 5.74) is 0. The van der Waals surface area contributed by atoms with Crippen LogP contribution >= 0.6 is 23.5 Å². The van der Waals surface area contributed by atoms with Gasteiger partial charge in [-0.15, -0.1) is 0 Å². The second kappa shape index (κ2) is 4.14. The summed E-state index contributed by atoms with van der Waals surface area (Å²) < 4.78 is 11.0. The van der Waals surface area contributed by atoms with Crippen molar-refractivity contribution in [3.8, 4) is 0 Å². The predicted octanol–water partition coefficient (Wildman–Crippen LogP) is 3.47. The number of hydrogen-bond donors (Lipinski definition) is 0. The van der Waals surface area contributed by atoms with Crippen LogP contribution in [0.1, 0.15) is 12.8 Å². The largest absolute Gasteiger partial charge is 0.487 e. The molecule has 0 aromatic carbocycles. The van der Waals surface area contributed by atoms with Gasteiger partial charge in [0.15, 0.2) is 0 Å². The summed E-state index contributed by atoms with van der Waals surface area (Å²) in [4.78, 5) is 0. The number of fused-ring (bicyclic) bond motifs is 8. The molecular weight excluding hydrogens is 264 g/mol. The standard InChI is InChI=1S/C14H18O2S2/c1-15-13-14(16-2)18-12-10-6-9(11(12)17-13)7-4-3-5-8(7)10/h3-4,7-12H,5-6H2,1-2H3/t7-,8+,9-,10+,11+,12-/m1/s1. The van der Waals surface area contributed by atoms with Gasteiger partial charge in [0.2, 0.25) is 10.2 Å². The summed E-state index contributed by atoms with van der Waals surface area (Å²) >= 11 is 3.86. The number of hydrogen-bond acceptors (Lipinski definition) is 4. The van der Waals surface area contributed by atoms with Crippen molar-refractivity contribution in [2.45, 2.75) is 23.3 Å². The maximum Gasteiger partial charge on any atom is 0.202 e. The molecule has 2 saturated carbocycles. The third kappa shape index (κ3) is 1.39. The molecular formula is C14H18O2S2. The zero-order valence-electron chi connectivity index (χ0n) is 10.7. The molecule has 0 amide bonds. The topological polar surface area (TPSA) is 18.5 Å². The van der Waals surface area contributed by atoms with Crippen molar-refractivity contribution in [1.82, 2.24) is 0 Å². The highest BCUT2D eigenvalue weighted by Gasteiger charge is 2.60. The second-order valence-corrected chi connectivity index (χ2v) is 7.92. The van der Waals surface area contributed by atoms with E-state index in [2.05, 4.69) is 12.2 Å². The lowest BCUT2D eigenvalue weighted by molar-refractivity contribution is 0.257. The van der Waals surface area contributed by atoms with Gasteiger partial charge in [0.25, 0.3) is 0 Å². The molecule has 0 aromatic rings. The minimum atomic E-state index is 0.734. The van der Waals surface area contributed by atoms with E-state index >= 15 is 0 Å². The Kier molecular flexibility index (Phi) is 2.66. The van der Waals surface area contributed by atoms with E-state index in [1.165, 1.54) is 12.8 Å². The number of thioether (sulfide) groups is 2.